The Kier molecular flexibility index (Phi) is 3.07. The van der Waals surface area contributed by atoms with Gasteiger partial charge in [-0.3, -0.25) is 4.99 Å². The number of carbonyl (C=O) groups excluding carboxylic acids is 1. The van der Waals surface area contributed by atoms with Gasteiger partial charge in [0.1, 0.15) is 0 Å². The lowest BCUT2D eigenvalue weighted by molar-refractivity contribution is 0.249. The van der Waals surface area contributed by atoms with E-state index in [0.717, 1.165) is 12.0 Å². The largest absolute Gasteiger partial charge is 0.352 e. The second-order valence-corrected chi connectivity index (χ2v) is 2.43. The summed E-state index contributed by atoms with van der Waals surface area (Å²) in [4.78, 5) is 14.3. The van der Waals surface area contributed by atoms with Crippen LogP contribution in [0.5, 0.6) is 0 Å². The van der Waals surface area contributed by atoms with E-state index >= 15 is 0 Å². The van der Waals surface area contributed by atoms with Crippen LogP contribution in [0, 0.1) is 0 Å². The third-order valence-corrected chi connectivity index (χ3v) is 1.46. The van der Waals surface area contributed by atoms with Gasteiger partial charge in [-0.15, -0.1) is 0 Å². The zero-order valence-corrected chi connectivity index (χ0v) is 6.66. The van der Waals surface area contributed by atoms with Crippen molar-refractivity contribution in [3.05, 3.63) is 23.9 Å². The number of hydrogen-bond acceptors (Lipinski definition) is 2. The summed E-state index contributed by atoms with van der Waals surface area (Å²) in [6.45, 7) is 0.492. The zero-order valence-electron chi connectivity index (χ0n) is 6.66. The Morgan fingerprint density at radius 3 is 3.33 bits per heavy atom. The predicted octanol–water partition coefficient (Wildman–Crippen LogP) is 0.569. The first-order valence-corrected chi connectivity index (χ1v) is 3.68. The highest BCUT2D eigenvalue weighted by atomic mass is 16.2. The van der Waals surface area contributed by atoms with Crippen LogP contribution in [0.15, 0.2) is 28.9 Å². The summed E-state index contributed by atoms with van der Waals surface area (Å²) >= 11 is 0. The van der Waals surface area contributed by atoms with Crippen LogP contribution >= 0.6 is 0 Å². The molecule has 3 N–H and O–H groups in total. The highest BCUT2D eigenvalue weighted by Gasteiger charge is 1.97. The number of nitrogens with zero attached hydrogens (tertiary/aromatic N) is 1. The van der Waals surface area contributed by atoms with Gasteiger partial charge in [-0.25, -0.2) is 4.79 Å². The molecule has 0 unspecified atom stereocenters. The minimum absolute atomic E-state index is 0.492. The molecule has 1 rings (SSSR count). The number of urea groups is 1. The first kappa shape index (κ1) is 8.52. The molecule has 0 atom stereocenters. The molecule has 2 amide bonds. The molecule has 0 fully saturated rings. The zero-order chi connectivity index (χ0) is 8.81. The minimum atomic E-state index is -0.499. The van der Waals surface area contributed by atoms with E-state index in [0.29, 0.717) is 6.54 Å². The van der Waals surface area contributed by atoms with Crippen molar-refractivity contribution in [3.8, 4) is 0 Å². The quantitative estimate of drug-likeness (QED) is 0.617. The van der Waals surface area contributed by atoms with Gasteiger partial charge >= 0.3 is 6.03 Å². The van der Waals surface area contributed by atoms with Crippen LogP contribution in [-0.4, -0.2) is 18.8 Å². The average molecular weight is 165 g/mol. The van der Waals surface area contributed by atoms with Crippen LogP contribution in [0.25, 0.3) is 0 Å². The molecule has 0 aliphatic carbocycles. The van der Waals surface area contributed by atoms with E-state index in [4.69, 9.17) is 5.73 Å². The number of nitrogens with one attached hydrogen (secondary N) is 1. The Bertz CT molecular complexity index is 253. The Morgan fingerprint density at radius 2 is 2.58 bits per heavy atom. The molecule has 1 heterocycles. The lowest BCUT2D eigenvalue weighted by atomic mass is 10.2. The molecule has 4 nitrogen and oxygen atoms in total. The fourth-order valence-electron chi connectivity index (χ4n) is 0.863. The van der Waals surface area contributed by atoms with E-state index < -0.39 is 6.03 Å². The van der Waals surface area contributed by atoms with E-state index in [1.165, 1.54) is 0 Å². The Morgan fingerprint density at radius 1 is 1.75 bits per heavy atom. The highest BCUT2D eigenvalue weighted by molar-refractivity contribution is 5.75. The van der Waals surface area contributed by atoms with Crippen LogP contribution < -0.4 is 11.1 Å². The Labute approximate surface area is 70.9 Å². The summed E-state index contributed by atoms with van der Waals surface area (Å²) < 4.78 is 0. The molecule has 0 aromatic rings. The summed E-state index contributed by atoms with van der Waals surface area (Å²) in [6.07, 6.45) is 8.03. The molecule has 0 bridgehead atoms. The van der Waals surface area contributed by atoms with Crippen molar-refractivity contribution in [2.24, 2.45) is 10.7 Å². The van der Waals surface area contributed by atoms with Gasteiger partial charge in [0.25, 0.3) is 0 Å². The molecule has 0 aromatic carbocycles. The molecular weight excluding hydrogens is 154 g/mol. The van der Waals surface area contributed by atoms with E-state index in [-0.39, 0.29) is 0 Å². The maximum Gasteiger partial charge on any atom is 0.312 e. The molecule has 0 aromatic heterocycles. The molecule has 0 saturated heterocycles. The first-order valence-electron chi connectivity index (χ1n) is 3.68. The molecule has 12 heavy (non-hydrogen) atoms. The van der Waals surface area contributed by atoms with Gasteiger partial charge in [-0.1, -0.05) is 6.08 Å². The van der Waals surface area contributed by atoms with Crippen molar-refractivity contribution in [2.75, 3.05) is 6.54 Å². The van der Waals surface area contributed by atoms with Crippen LogP contribution in [0.1, 0.15) is 6.42 Å². The van der Waals surface area contributed by atoms with Crippen molar-refractivity contribution in [2.45, 2.75) is 6.42 Å². The van der Waals surface area contributed by atoms with E-state index in [9.17, 15) is 4.79 Å². The van der Waals surface area contributed by atoms with Gasteiger partial charge in [-0.05, 0) is 18.1 Å². The molecule has 64 valence electrons. The maximum atomic E-state index is 10.4. The third kappa shape index (κ3) is 3.01. The van der Waals surface area contributed by atoms with Gasteiger partial charge < -0.3 is 11.1 Å². The molecule has 0 saturated carbocycles. The number of carbonyl (C=O) groups is 1. The number of amides is 2. The third-order valence-electron chi connectivity index (χ3n) is 1.46. The van der Waals surface area contributed by atoms with Crippen molar-refractivity contribution in [1.82, 2.24) is 5.32 Å². The molecule has 1 aliphatic rings. The van der Waals surface area contributed by atoms with Crippen LogP contribution in [-0.2, 0) is 0 Å². The molecular formula is C8H11N3O. The van der Waals surface area contributed by atoms with E-state index in [1.807, 2.05) is 12.2 Å². The van der Waals surface area contributed by atoms with Gasteiger partial charge in [0.05, 0.1) is 0 Å². The smallest absolute Gasteiger partial charge is 0.312 e. The summed E-state index contributed by atoms with van der Waals surface area (Å²) in [5.74, 6) is 0. The fraction of sp³-hybridized carbons (Fsp3) is 0.250. The van der Waals surface area contributed by atoms with Gasteiger partial charge in [0.2, 0.25) is 0 Å². The number of aliphatic imine (C=N–C) groups is 1. The van der Waals surface area contributed by atoms with Crippen molar-refractivity contribution in [1.29, 1.82) is 0 Å². The molecule has 0 spiro atoms. The van der Waals surface area contributed by atoms with Crippen molar-refractivity contribution in [3.63, 3.8) is 0 Å². The lowest BCUT2D eigenvalue weighted by Crippen LogP contribution is -2.30. The molecule has 0 radical (unpaired) electrons. The summed E-state index contributed by atoms with van der Waals surface area (Å²) in [6, 6.07) is -0.499. The fourth-order valence-corrected chi connectivity index (χ4v) is 0.863. The van der Waals surface area contributed by atoms with Gasteiger partial charge in [0.15, 0.2) is 0 Å². The lowest BCUT2D eigenvalue weighted by Gasteiger charge is -2.02. The van der Waals surface area contributed by atoms with Crippen LogP contribution in [0.2, 0.25) is 0 Å². The predicted molar refractivity (Wildman–Crippen MR) is 47.9 cm³/mol. The summed E-state index contributed by atoms with van der Waals surface area (Å²) in [5.41, 5.74) is 6.01. The van der Waals surface area contributed by atoms with E-state index in [2.05, 4.69) is 10.3 Å². The van der Waals surface area contributed by atoms with Crippen molar-refractivity contribution < 1.29 is 4.79 Å². The average Bonchev–Trinajstić information content (AvgIpc) is 2.28. The highest BCUT2D eigenvalue weighted by Crippen LogP contribution is 2.02. The second kappa shape index (κ2) is 4.33. The number of hydrogen-bond donors (Lipinski definition) is 2. The minimum Gasteiger partial charge on any atom is -0.352 e. The van der Waals surface area contributed by atoms with E-state index in [1.54, 1.807) is 12.4 Å². The summed E-state index contributed by atoms with van der Waals surface area (Å²) in [5, 5.41) is 2.52. The normalized spacial score (nSPS) is 15.2. The van der Waals surface area contributed by atoms with Crippen LogP contribution in [0.4, 0.5) is 4.79 Å². The standard InChI is InChI=1S/C8H11N3O/c9-8(12)11-6-7-2-1-4-10-5-3-7/h1,3-5H,2,6H2,(H3,9,11,12). The van der Waals surface area contributed by atoms with Gasteiger partial charge in [-0.2, -0.15) is 0 Å². The second-order valence-electron chi connectivity index (χ2n) is 2.43. The number of primary amides is 1. The van der Waals surface area contributed by atoms with Crippen LogP contribution in [0.3, 0.4) is 0 Å². The number of allylic oxidation sites excluding steroid dienone is 2. The Hall–Kier alpha value is -1.58. The maximum absolute atomic E-state index is 10.4. The molecule has 1 aliphatic heterocycles. The number of rotatable bonds is 2. The number of nitrogens with two attached hydrogens (primary N) is 1. The molecule has 4 heteroatoms. The topological polar surface area (TPSA) is 67.5 Å². The monoisotopic (exact) mass is 165 g/mol. The Balaban J connectivity index is 2.41. The SMILES string of the molecule is NC(=O)NCC1=CC=NC=CC1. The first-order chi connectivity index (χ1) is 5.79. The van der Waals surface area contributed by atoms with Crippen molar-refractivity contribution >= 4 is 12.2 Å². The summed E-state index contributed by atoms with van der Waals surface area (Å²) in [7, 11) is 0. The van der Waals surface area contributed by atoms with Gasteiger partial charge in [0, 0.05) is 19.0 Å².